The standard InChI is InChI=1S/C12H16N2/c1-9-8-11-6-4-5-7-12(11)10(2)13-14(9)3/h4,6-9H,5H2,1-3H3. The van der Waals surface area contributed by atoms with Crippen molar-refractivity contribution in [3.05, 3.63) is 35.5 Å². The lowest BCUT2D eigenvalue weighted by atomic mass is 9.95. The Morgan fingerprint density at radius 2 is 2.29 bits per heavy atom. The average Bonchev–Trinajstić information content (AvgIpc) is 2.27. The summed E-state index contributed by atoms with van der Waals surface area (Å²) < 4.78 is 0. The summed E-state index contributed by atoms with van der Waals surface area (Å²) in [7, 11) is 2.02. The van der Waals surface area contributed by atoms with E-state index < -0.39 is 0 Å². The van der Waals surface area contributed by atoms with Gasteiger partial charge in [-0.1, -0.05) is 24.3 Å². The summed E-state index contributed by atoms with van der Waals surface area (Å²) in [6, 6.07) is 0.369. The van der Waals surface area contributed by atoms with Crippen molar-refractivity contribution in [1.29, 1.82) is 0 Å². The van der Waals surface area contributed by atoms with Crippen LogP contribution < -0.4 is 0 Å². The Morgan fingerprint density at radius 1 is 1.50 bits per heavy atom. The Bertz CT molecular complexity index is 359. The van der Waals surface area contributed by atoms with Gasteiger partial charge in [0.25, 0.3) is 0 Å². The molecule has 14 heavy (non-hydrogen) atoms. The number of fused-ring (bicyclic) bond motifs is 1. The van der Waals surface area contributed by atoms with Gasteiger partial charge < -0.3 is 0 Å². The van der Waals surface area contributed by atoms with Gasteiger partial charge in [0.1, 0.15) is 0 Å². The van der Waals surface area contributed by atoms with E-state index in [0.717, 1.165) is 12.1 Å². The van der Waals surface area contributed by atoms with E-state index in [0.29, 0.717) is 6.04 Å². The van der Waals surface area contributed by atoms with E-state index in [4.69, 9.17) is 0 Å². The largest absolute Gasteiger partial charge is 0.293 e. The molecule has 2 heteroatoms. The first-order chi connectivity index (χ1) is 6.68. The lowest BCUT2D eigenvalue weighted by molar-refractivity contribution is 0.315. The number of nitrogens with zero attached hydrogens (tertiary/aromatic N) is 2. The van der Waals surface area contributed by atoms with Crippen LogP contribution in [0.3, 0.4) is 0 Å². The molecule has 2 nitrogen and oxygen atoms in total. The molecule has 0 aromatic carbocycles. The molecule has 2 aliphatic rings. The Kier molecular flexibility index (Phi) is 2.28. The van der Waals surface area contributed by atoms with Crippen LogP contribution in [0.25, 0.3) is 0 Å². The summed E-state index contributed by atoms with van der Waals surface area (Å²) in [5, 5.41) is 6.55. The fraction of sp³-hybridized carbons (Fsp3) is 0.417. The molecule has 0 N–H and O–H groups in total. The topological polar surface area (TPSA) is 15.6 Å². The summed E-state index contributed by atoms with van der Waals surface area (Å²) in [5.74, 6) is 0. The van der Waals surface area contributed by atoms with Crippen molar-refractivity contribution in [2.24, 2.45) is 5.10 Å². The third-order valence-electron chi connectivity index (χ3n) is 2.77. The molecule has 2 rings (SSSR count). The molecule has 0 aromatic heterocycles. The second-order valence-electron chi connectivity index (χ2n) is 3.88. The second kappa shape index (κ2) is 3.45. The van der Waals surface area contributed by atoms with E-state index in [1.807, 2.05) is 12.1 Å². The minimum atomic E-state index is 0.369. The van der Waals surface area contributed by atoms with Crippen LogP contribution in [0, 0.1) is 0 Å². The number of allylic oxidation sites excluding steroid dienone is 5. The summed E-state index contributed by atoms with van der Waals surface area (Å²) in [4.78, 5) is 0. The normalized spacial score (nSPS) is 26.1. The molecule has 1 unspecified atom stereocenters. The number of hydrogen-bond acceptors (Lipinski definition) is 2. The predicted molar refractivity (Wildman–Crippen MR) is 60.3 cm³/mol. The fourth-order valence-corrected chi connectivity index (χ4v) is 1.84. The minimum Gasteiger partial charge on any atom is -0.293 e. The highest BCUT2D eigenvalue weighted by atomic mass is 15.4. The highest BCUT2D eigenvalue weighted by molar-refractivity contribution is 6.03. The van der Waals surface area contributed by atoms with Crippen molar-refractivity contribution >= 4 is 5.71 Å². The van der Waals surface area contributed by atoms with Crippen LogP contribution in [0.2, 0.25) is 0 Å². The number of hydrogen-bond donors (Lipinski definition) is 0. The lowest BCUT2D eigenvalue weighted by Gasteiger charge is -2.17. The van der Waals surface area contributed by atoms with Gasteiger partial charge in [0.05, 0.1) is 11.8 Å². The molecular formula is C12H16N2. The Labute approximate surface area is 85.3 Å². The van der Waals surface area contributed by atoms with Crippen LogP contribution in [-0.2, 0) is 0 Å². The number of rotatable bonds is 0. The first-order valence-electron chi connectivity index (χ1n) is 5.06. The quantitative estimate of drug-likeness (QED) is 0.570. The molecule has 0 fully saturated rings. The molecular weight excluding hydrogens is 172 g/mol. The summed E-state index contributed by atoms with van der Waals surface area (Å²) in [5.41, 5.74) is 3.73. The minimum absolute atomic E-state index is 0.369. The maximum absolute atomic E-state index is 4.54. The molecule has 0 aromatic rings. The van der Waals surface area contributed by atoms with Crippen molar-refractivity contribution in [2.75, 3.05) is 7.05 Å². The van der Waals surface area contributed by atoms with Gasteiger partial charge in [0, 0.05) is 12.6 Å². The fourth-order valence-electron chi connectivity index (χ4n) is 1.84. The van der Waals surface area contributed by atoms with Gasteiger partial charge in [-0.15, -0.1) is 0 Å². The highest BCUT2D eigenvalue weighted by Crippen LogP contribution is 2.23. The van der Waals surface area contributed by atoms with Crippen molar-refractivity contribution in [1.82, 2.24) is 5.01 Å². The molecule has 0 bridgehead atoms. The molecule has 1 heterocycles. The first kappa shape index (κ1) is 9.25. The van der Waals surface area contributed by atoms with E-state index in [1.54, 1.807) is 0 Å². The molecule has 0 spiro atoms. The SMILES string of the molecule is CC1=NN(C)C(C)C=C2C=CCC=C21. The third kappa shape index (κ3) is 1.52. The van der Waals surface area contributed by atoms with Crippen molar-refractivity contribution in [2.45, 2.75) is 26.3 Å². The van der Waals surface area contributed by atoms with Crippen molar-refractivity contribution in [3.8, 4) is 0 Å². The number of hydrazone groups is 1. The van der Waals surface area contributed by atoms with Crippen molar-refractivity contribution < 1.29 is 0 Å². The van der Waals surface area contributed by atoms with Gasteiger partial charge in [-0.05, 0) is 25.8 Å². The summed E-state index contributed by atoms with van der Waals surface area (Å²) in [6.07, 6.45) is 9.93. The lowest BCUT2D eigenvalue weighted by Crippen LogP contribution is -2.21. The average molecular weight is 188 g/mol. The molecule has 0 radical (unpaired) electrons. The molecule has 1 atom stereocenters. The summed E-state index contributed by atoms with van der Waals surface area (Å²) in [6.45, 7) is 4.24. The van der Waals surface area contributed by atoms with Crippen LogP contribution in [0.4, 0.5) is 0 Å². The zero-order chi connectivity index (χ0) is 10.1. The summed E-state index contributed by atoms with van der Waals surface area (Å²) >= 11 is 0. The molecule has 0 saturated heterocycles. The Hall–Kier alpha value is -1.31. The molecule has 1 aliphatic heterocycles. The molecule has 0 amide bonds. The van der Waals surface area contributed by atoms with Crippen LogP contribution in [0.1, 0.15) is 20.3 Å². The van der Waals surface area contributed by atoms with E-state index in [9.17, 15) is 0 Å². The second-order valence-corrected chi connectivity index (χ2v) is 3.88. The Balaban J connectivity index is 2.47. The van der Waals surface area contributed by atoms with Crippen LogP contribution in [-0.4, -0.2) is 23.8 Å². The van der Waals surface area contributed by atoms with E-state index in [1.165, 1.54) is 11.1 Å². The van der Waals surface area contributed by atoms with Gasteiger partial charge in [0.15, 0.2) is 0 Å². The van der Waals surface area contributed by atoms with Crippen LogP contribution >= 0.6 is 0 Å². The van der Waals surface area contributed by atoms with Gasteiger partial charge in [0.2, 0.25) is 0 Å². The smallest absolute Gasteiger partial charge is 0.0649 e. The molecule has 1 aliphatic carbocycles. The first-order valence-corrected chi connectivity index (χ1v) is 5.06. The molecule has 74 valence electrons. The maximum Gasteiger partial charge on any atom is 0.0649 e. The predicted octanol–water partition coefficient (Wildman–Crippen LogP) is 2.51. The maximum atomic E-state index is 4.54. The molecule has 0 saturated carbocycles. The highest BCUT2D eigenvalue weighted by Gasteiger charge is 2.16. The van der Waals surface area contributed by atoms with Crippen LogP contribution in [0.5, 0.6) is 0 Å². The monoisotopic (exact) mass is 188 g/mol. The van der Waals surface area contributed by atoms with Crippen LogP contribution in [0.15, 0.2) is 40.6 Å². The van der Waals surface area contributed by atoms with E-state index in [2.05, 4.69) is 43.3 Å². The van der Waals surface area contributed by atoms with E-state index in [-0.39, 0.29) is 0 Å². The van der Waals surface area contributed by atoms with Gasteiger partial charge in [-0.2, -0.15) is 5.10 Å². The van der Waals surface area contributed by atoms with Gasteiger partial charge in [-0.25, -0.2) is 0 Å². The van der Waals surface area contributed by atoms with E-state index >= 15 is 0 Å². The zero-order valence-electron chi connectivity index (χ0n) is 8.99. The van der Waals surface area contributed by atoms with Crippen molar-refractivity contribution in [3.63, 3.8) is 0 Å². The third-order valence-corrected chi connectivity index (χ3v) is 2.77. The zero-order valence-corrected chi connectivity index (χ0v) is 8.99. The Morgan fingerprint density at radius 3 is 3.07 bits per heavy atom. The number of likely N-dealkylation sites (N-methyl/N-ethyl adjacent to an activating group) is 1. The van der Waals surface area contributed by atoms with Gasteiger partial charge >= 0.3 is 0 Å². The van der Waals surface area contributed by atoms with Gasteiger partial charge in [-0.3, -0.25) is 5.01 Å².